The van der Waals surface area contributed by atoms with Crippen LogP contribution in [0.2, 0.25) is 0 Å². The van der Waals surface area contributed by atoms with E-state index >= 15 is 0 Å². The van der Waals surface area contributed by atoms with E-state index in [-0.39, 0.29) is 5.91 Å². The first kappa shape index (κ1) is 15.7. The van der Waals surface area contributed by atoms with Crippen molar-refractivity contribution >= 4 is 5.91 Å². The first-order valence-corrected chi connectivity index (χ1v) is 7.94. The number of amides is 1. The lowest BCUT2D eigenvalue weighted by atomic mass is 9.94. The van der Waals surface area contributed by atoms with Crippen LogP contribution in [-0.2, 0) is 9.53 Å². The summed E-state index contributed by atoms with van der Waals surface area (Å²) in [6.45, 7) is 9.74. The predicted molar refractivity (Wildman–Crippen MR) is 79.7 cm³/mol. The SMILES string of the molecule is CC(=O)NCC1CCN(C(C)CC2COCCN2)CC1. The quantitative estimate of drug-likeness (QED) is 0.776. The molecule has 0 bridgehead atoms. The van der Waals surface area contributed by atoms with Crippen molar-refractivity contribution < 1.29 is 9.53 Å². The van der Waals surface area contributed by atoms with Gasteiger partial charge in [-0.25, -0.2) is 0 Å². The molecule has 5 heteroatoms. The van der Waals surface area contributed by atoms with E-state index in [1.54, 1.807) is 6.92 Å². The number of hydrogen-bond acceptors (Lipinski definition) is 4. The molecule has 2 unspecified atom stereocenters. The van der Waals surface area contributed by atoms with Crippen molar-refractivity contribution in [3.63, 3.8) is 0 Å². The average molecular weight is 283 g/mol. The van der Waals surface area contributed by atoms with E-state index in [1.807, 2.05) is 0 Å². The fourth-order valence-corrected chi connectivity index (χ4v) is 3.22. The Kier molecular flexibility index (Phi) is 6.26. The number of ether oxygens (including phenoxy) is 1. The Morgan fingerprint density at radius 1 is 1.45 bits per heavy atom. The molecule has 0 spiro atoms. The van der Waals surface area contributed by atoms with Gasteiger partial charge in [0.25, 0.3) is 0 Å². The fraction of sp³-hybridized carbons (Fsp3) is 0.933. The third kappa shape index (κ3) is 5.04. The van der Waals surface area contributed by atoms with E-state index in [0.29, 0.717) is 18.0 Å². The molecule has 2 atom stereocenters. The summed E-state index contributed by atoms with van der Waals surface area (Å²) in [5.74, 6) is 0.739. The van der Waals surface area contributed by atoms with E-state index in [0.717, 1.165) is 45.8 Å². The standard InChI is InChI=1S/C15H29N3O2/c1-12(9-15-11-20-8-5-16-15)18-6-3-14(4-7-18)10-17-13(2)19/h12,14-16H,3-11H2,1-2H3,(H,17,19). The van der Waals surface area contributed by atoms with Crippen molar-refractivity contribution in [3.05, 3.63) is 0 Å². The van der Waals surface area contributed by atoms with Crippen LogP contribution in [0.25, 0.3) is 0 Å². The highest BCUT2D eigenvalue weighted by Crippen LogP contribution is 2.20. The molecule has 20 heavy (non-hydrogen) atoms. The first-order chi connectivity index (χ1) is 9.65. The van der Waals surface area contributed by atoms with Gasteiger partial charge < -0.3 is 20.3 Å². The fourth-order valence-electron chi connectivity index (χ4n) is 3.22. The van der Waals surface area contributed by atoms with E-state index in [9.17, 15) is 4.79 Å². The van der Waals surface area contributed by atoms with Crippen molar-refractivity contribution in [2.75, 3.05) is 39.4 Å². The van der Waals surface area contributed by atoms with Gasteiger partial charge in [0.1, 0.15) is 0 Å². The minimum Gasteiger partial charge on any atom is -0.379 e. The van der Waals surface area contributed by atoms with Crippen molar-refractivity contribution in [1.29, 1.82) is 0 Å². The Hall–Kier alpha value is -0.650. The minimum absolute atomic E-state index is 0.0872. The van der Waals surface area contributed by atoms with Crippen molar-refractivity contribution in [1.82, 2.24) is 15.5 Å². The van der Waals surface area contributed by atoms with Crippen molar-refractivity contribution in [2.45, 2.75) is 45.2 Å². The topological polar surface area (TPSA) is 53.6 Å². The van der Waals surface area contributed by atoms with Gasteiger partial charge in [0, 0.05) is 32.1 Å². The summed E-state index contributed by atoms with van der Waals surface area (Å²) >= 11 is 0. The Balaban J connectivity index is 1.65. The number of carbonyl (C=O) groups excluding carboxylic acids is 1. The minimum atomic E-state index is 0.0872. The zero-order chi connectivity index (χ0) is 14.4. The third-order valence-electron chi connectivity index (χ3n) is 4.54. The van der Waals surface area contributed by atoms with Crippen LogP contribution in [-0.4, -0.2) is 62.3 Å². The maximum absolute atomic E-state index is 10.9. The molecule has 0 aromatic carbocycles. The van der Waals surface area contributed by atoms with Crippen LogP contribution in [0.1, 0.15) is 33.1 Å². The average Bonchev–Trinajstić information content (AvgIpc) is 2.46. The highest BCUT2D eigenvalue weighted by atomic mass is 16.5. The van der Waals surface area contributed by atoms with Crippen LogP contribution in [0.3, 0.4) is 0 Å². The van der Waals surface area contributed by atoms with Gasteiger partial charge in [0.05, 0.1) is 13.2 Å². The Morgan fingerprint density at radius 3 is 2.80 bits per heavy atom. The lowest BCUT2D eigenvalue weighted by Gasteiger charge is -2.38. The molecule has 0 aromatic rings. The van der Waals surface area contributed by atoms with E-state index in [2.05, 4.69) is 22.5 Å². The summed E-state index contributed by atoms with van der Waals surface area (Å²) in [6, 6.07) is 1.12. The third-order valence-corrected chi connectivity index (χ3v) is 4.54. The summed E-state index contributed by atoms with van der Waals surface area (Å²) < 4.78 is 5.52. The Morgan fingerprint density at radius 2 is 2.20 bits per heavy atom. The molecule has 2 fully saturated rings. The molecule has 0 aromatic heterocycles. The highest BCUT2D eigenvalue weighted by molar-refractivity contribution is 5.72. The molecule has 2 rings (SSSR count). The maximum atomic E-state index is 10.9. The van der Waals surface area contributed by atoms with Gasteiger partial charge in [-0.15, -0.1) is 0 Å². The second-order valence-electron chi connectivity index (χ2n) is 6.23. The van der Waals surface area contributed by atoms with E-state index < -0.39 is 0 Å². The smallest absolute Gasteiger partial charge is 0.216 e. The number of nitrogens with zero attached hydrogens (tertiary/aromatic N) is 1. The molecule has 0 aliphatic carbocycles. The normalized spacial score (nSPS) is 27.2. The zero-order valence-electron chi connectivity index (χ0n) is 12.9. The second-order valence-corrected chi connectivity index (χ2v) is 6.23. The van der Waals surface area contributed by atoms with Crippen LogP contribution in [0, 0.1) is 5.92 Å². The molecule has 116 valence electrons. The van der Waals surface area contributed by atoms with Gasteiger partial charge in [0.2, 0.25) is 5.91 Å². The monoisotopic (exact) mass is 283 g/mol. The number of morpholine rings is 1. The van der Waals surface area contributed by atoms with Crippen LogP contribution in [0.4, 0.5) is 0 Å². The predicted octanol–water partition coefficient (Wildman–Crippen LogP) is 0.602. The van der Waals surface area contributed by atoms with Gasteiger partial charge in [0.15, 0.2) is 0 Å². The summed E-state index contributed by atoms with van der Waals surface area (Å²) in [4.78, 5) is 13.5. The zero-order valence-corrected chi connectivity index (χ0v) is 12.9. The Bertz CT molecular complexity index is 297. The molecule has 2 saturated heterocycles. The lowest BCUT2D eigenvalue weighted by molar-refractivity contribution is -0.119. The van der Waals surface area contributed by atoms with Gasteiger partial charge in [-0.2, -0.15) is 0 Å². The molecule has 2 N–H and O–H groups in total. The number of hydrogen-bond donors (Lipinski definition) is 2. The number of rotatable bonds is 5. The van der Waals surface area contributed by atoms with Crippen molar-refractivity contribution in [2.24, 2.45) is 5.92 Å². The first-order valence-electron chi connectivity index (χ1n) is 7.94. The summed E-state index contributed by atoms with van der Waals surface area (Å²) in [5, 5.41) is 6.47. The molecule has 0 saturated carbocycles. The number of nitrogens with one attached hydrogen (secondary N) is 2. The summed E-state index contributed by atoms with van der Waals surface area (Å²) in [6.07, 6.45) is 3.55. The van der Waals surface area contributed by atoms with E-state index in [1.165, 1.54) is 12.8 Å². The molecule has 1 amide bonds. The van der Waals surface area contributed by atoms with Crippen LogP contribution in [0.15, 0.2) is 0 Å². The second kappa shape index (κ2) is 7.96. The van der Waals surface area contributed by atoms with Crippen LogP contribution < -0.4 is 10.6 Å². The van der Waals surface area contributed by atoms with Crippen molar-refractivity contribution in [3.8, 4) is 0 Å². The number of piperidine rings is 1. The maximum Gasteiger partial charge on any atom is 0.216 e. The number of carbonyl (C=O) groups is 1. The number of likely N-dealkylation sites (tertiary alicyclic amines) is 1. The molecule has 5 nitrogen and oxygen atoms in total. The summed E-state index contributed by atoms with van der Waals surface area (Å²) in [5.41, 5.74) is 0. The highest BCUT2D eigenvalue weighted by Gasteiger charge is 2.25. The van der Waals surface area contributed by atoms with Gasteiger partial charge in [-0.1, -0.05) is 0 Å². The molecule has 0 radical (unpaired) electrons. The Labute approximate surface area is 122 Å². The lowest BCUT2D eigenvalue weighted by Crippen LogP contribution is -2.48. The largest absolute Gasteiger partial charge is 0.379 e. The molecular weight excluding hydrogens is 254 g/mol. The van der Waals surface area contributed by atoms with Crippen LogP contribution in [0.5, 0.6) is 0 Å². The van der Waals surface area contributed by atoms with Gasteiger partial charge in [-0.05, 0) is 45.2 Å². The molecular formula is C15H29N3O2. The summed E-state index contributed by atoms with van der Waals surface area (Å²) in [7, 11) is 0. The molecule has 2 heterocycles. The molecule has 2 aliphatic rings. The van der Waals surface area contributed by atoms with Gasteiger partial charge in [-0.3, -0.25) is 4.79 Å². The van der Waals surface area contributed by atoms with Gasteiger partial charge >= 0.3 is 0 Å². The van der Waals surface area contributed by atoms with E-state index in [4.69, 9.17) is 4.74 Å². The molecule has 2 aliphatic heterocycles. The van der Waals surface area contributed by atoms with Crippen LogP contribution >= 0.6 is 0 Å².